The number of fused-ring (bicyclic) bond motifs is 3. The molecule has 2 aromatic carbocycles. The van der Waals surface area contributed by atoms with Gasteiger partial charge in [-0.25, -0.2) is 0 Å². The van der Waals surface area contributed by atoms with E-state index in [1.165, 1.54) is 4.90 Å². The van der Waals surface area contributed by atoms with E-state index in [0.29, 0.717) is 16.9 Å². The Morgan fingerprint density at radius 2 is 1.90 bits per heavy atom. The summed E-state index contributed by atoms with van der Waals surface area (Å²) < 4.78 is 0. The monoisotopic (exact) mass is 409 g/mol. The van der Waals surface area contributed by atoms with E-state index in [1.54, 1.807) is 40.9 Å². The summed E-state index contributed by atoms with van der Waals surface area (Å²) in [6, 6.07) is 14.3. The Balaban J connectivity index is 1.84. The third-order valence-electron chi connectivity index (χ3n) is 5.51. The third kappa shape index (κ3) is 2.92. The molecule has 1 N–H and O–H groups in total. The van der Waals surface area contributed by atoms with Crippen LogP contribution in [0.2, 0.25) is 0 Å². The first-order valence-electron chi connectivity index (χ1n) is 9.61. The summed E-state index contributed by atoms with van der Waals surface area (Å²) in [6.07, 6.45) is 2.44. The van der Waals surface area contributed by atoms with Crippen LogP contribution in [0.3, 0.4) is 0 Å². The summed E-state index contributed by atoms with van der Waals surface area (Å²) in [5.41, 5.74) is 0.228. The molecule has 0 radical (unpaired) electrons. The van der Waals surface area contributed by atoms with Crippen molar-refractivity contribution in [2.45, 2.75) is 43.3 Å². The predicted molar refractivity (Wildman–Crippen MR) is 114 cm³/mol. The molecule has 2 aliphatic rings. The van der Waals surface area contributed by atoms with Crippen LogP contribution in [0.5, 0.6) is 0 Å². The number of para-hydroxylation sites is 1. The molecule has 2 heterocycles. The molecule has 0 spiro atoms. The number of benzene rings is 2. The lowest BCUT2D eigenvalue weighted by Crippen LogP contribution is -2.70. The minimum absolute atomic E-state index is 0.149. The topological polar surface area (TPSA) is 69.7 Å². The lowest BCUT2D eigenvalue weighted by molar-refractivity contribution is -0.129. The van der Waals surface area contributed by atoms with E-state index in [9.17, 15) is 14.4 Å². The summed E-state index contributed by atoms with van der Waals surface area (Å²) in [5, 5.41) is 2.97. The number of hydrogen-bond donors (Lipinski definition) is 1. The SMILES string of the molecule is CSc1cccc(NC(=O)[C@@]23CCC(=O)N2c2ccccc2C(=O)N3C(C)C)c1. The van der Waals surface area contributed by atoms with Crippen molar-refractivity contribution in [3.05, 3.63) is 54.1 Å². The van der Waals surface area contributed by atoms with Gasteiger partial charge in [-0.05, 0) is 50.4 Å². The van der Waals surface area contributed by atoms with Crippen molar-refractivity contribution >= 4 is 40.9 Å². The summed E-state index contributed by atoms with van der Waals surface area (Å²) >= 11 is 1.58. The first-order valence-corrected chi connectivity index (χ1v) is 10.8. The van der Waals surface area contributed by atoms with Gasteiger partial charge in [-0.2, -0.15) is 0 Å². The van der Waals surface area contributed by atoms with Crippen LogP contribution in [-0.2, 0) is 9.59 Å². The standard InChI is InChI=1S/C22H23N3O3S/c1-14(2)24-20(27)17-9-4-5-10-18(17)25-19(26)11-12-22(24,25)21(28)23-15-7-6-8-16(13-15)29-3/h4-10,13-14H,11-12H2,1-3H3,(H,23,28)/t22-/m1/s1. The second kappa shape index (κ2) is 7.22. The number of carbonyl (C=O) groups excluding carboxylic acids is 3. The minimum atomic E-state index is -1.37. The Bertz CT molecular complexity index is 1010. The summed E-state index contributed by atoms with van der Waals surface area (Å²) in [4.78, 5) is 44.1. The van der Waals surface area contributed by atoms with Crippen molar-refractivity contribution in [1.82, 2.24) is 4.90 Å². The van der Waals surface area contributed by atoms with Gasteiger partial charge in [-0.3, -0.25) is 19.3 Å². The molecule has 29 heavy (non-hydrogen) atoms. The van der Waals surface area contributed by atoms with Gasteiger partial charge >= 0.3 is 0 Å². The van der Waals surface area contributed by atoms with Gasteiger partial charge in [0.25, 0.3) is 11.8 Å². The van der Waals surface area contributed by atoms with E-state index in [2.05, 4.69) is 5.32 Å². The van der Waals surface area contributed by atoms with Gasteiger partial charge in [0.2, 0.25) is 11.6 Å². The van der Waals surface area contributed by atoms with Crippen LogP contribution >= 0.6 is 11.8 Å². The van der Waals surface area contributed by atoms with Crippen LogP contribution in [0.25, 0.3) is 0 Å². The highest BCUT2D eigenvalue weighted by atomic mass is 32.2. The molecule has 0 saturated carbocycles. The van der Waals surface area contributed by atoms with Gasteiger partial charge < -0.3 is 10.2 Å². The molecule has 4 rings (SSSR count). The maximum atomic E-state index is 13.7. The first-order chi connectivity index (χ1) is 13.9. The number of rotatable bonds is 4. The molecule has 2 aliphatic heterocycles. The van der Waals surface area contributed by atoms with Crippen molar-refractivity contribution < 1.29 is 14.4 Å². The fraction of sp³-hybridized carbons (Fsp3) is 0.318. The molecular weight excluding hydrogens is 386 g/mol. The van der Waals surface area contributed by atoms with Crippen LogP contribution in [0.4, 0.5) is 11.4 Å². The van der Waals surface area contributed by atoms with Gasteiger partial charge in [0.1, 0.15) is 0 Å². The zero-order valence-electron chi connectivity index (χ0n) is 16.6. The molecule has 0 aromatic heterocycles. The van der Waals surface area contributed by atoms with Crippen molar-refractivity contribution in [3.8, 4) is 0 Å². The van der Waals surface area contributed by atoms with Crippen molar-refractivity contribution in [2.24, 2.45) is 0 Å². The smallest absolute Gasteiger partial charge is 0.271 e. The molecule has 1 atom stereocenters. The minimum Gasteiger partial charge on any atom is -0.322 e. The quantitative estimate of drug-likeness (QED) is 0.781. The Morgan fingerprint density at radius 3 is 2.62 bits per heavy atom. The Labute approximate surface area is 174 Å². The zero-order chi connectivity index (χ0) is 20.8. The summed E-state index contributed by atoms with van der Waals surface area (Å²) in [5.74, 6) is -0.740. The highest BCUT2D eigenvalue weighted by Crippen LogP contribution is 2.45. The van der Waals surface area contributed by atoms with E-state index in [0.717, 1.165) is 4.90 Å². The Kier molecular flexibility index (Phi) is 4.86. The zero-order valence-corrected chi connectivity index (χ0v) is 17.5. The van der Waals surface area contributed by atoms with Crippen LogP contribution < -0.4 is 10.2 Å². The number of carbonyl (C=O) groups is 3. The summed E-state index contributed by atoms with van der Waals surface area (Å²) in [6.45, 7) is 3.74. The van der Waals surface area contributed by atoms with Gasteiger partial charge in [-0.15, -0.1) is 11.8 Å². The molecule has 6 nitrogen and oxygen atoms in total. The van der Waals surface area contributed by atoms with Gasteiger partial charge in [0, 0.05) is 29.5 Å². The predicted octanol–water partition coefficient (Wildman–Crippen LogP) is 3.73. The highest BCUT2D eigenvalue weighted by molar-refractivity contribution is 7.98. The largest absolute Gasteiger partial charge is 0.322 e. The molecule has 0 unspecified atom stereocenters. The maximum Gasteiger partial charge on any atom is 0.271 e. The van der Waals surface area contributed by atoms with E-state index in [1.807, 2.05) is 44.4 Å². The van der Waals surface area contributed by atoms with E-state index < -0.39 is 5.66 Å². The molecule has 1 fully saturated rings. The molecule has 0 bridgehead atoms. The first kappa shape index (κ1) is 19.5. The van der Waals surface area contributed by atoms with Crippen molar-refractivity contribution in [2.75, 3.05) is 16.5 Å². The second-order valence-electron chi connectivity index (χ2n) is 7.52. The van der Waals surface area contributed by atoms with Crippen LogP contribution in [0, 0.1) is 0 Å². The van der Waals surface area contributed by atoms with Gasteiger partial charge in [0.05, 0.1) is 11.3 Å². The van der Waals surface area contributed by atoms with E-state index >= 15 is 0 Å². The lowest BCUT2D eigenvalue weighted by atomic mass is 9.94. The number of anilines is 2. The third-order valence-corrected chi connectivity index (χ3v) is 6.23. The van der Waals surface area contributed by atoms with Gasteiger partial charge in [-0.1, -0.05) is 18.2 Å². The number of thioether (sulfide) groups is 1. The molecule has 3 amide bonds. The average molecular weight is 410 g/mol. The normalized spacial score (nSPS) is 20.7. The molecule has 7 heteroatoms. The fourth-order valence-electron chi connectivity index (χ4n) is 4.34. The number of amides is 3. The average Bonchev–Trinajstić information content (AvgIpc) is 3.06. The molecule has 2 aromatic rings. The molecular formula is C22H23N3O3S. The van der Waals surface area contributed by atoms with E-state index in [-0.39, 0.29) is 36.6 Å². The number of nitrogens with one attached hydrogen (secondary N) is 1. The maximum absolute atomic E-state index is 13.7. The molecule has 150 valence electrons. The highest BCUT2D eigenvalue weighted by Gasteiger charge is 2.61. The van der Waals surface area contributed by atoms with Crippen LogP contribution in [0.1, 0.15) is 37.0 Å². The Hall–Kier alpha value is -2.80. The van der Waals surface area contributed by atoms with E-state index in [4.69, 9.17) is 0 Å². The fourth-order valence-corrected chi connectivity index (χ4v) is 4.80. The Morgan fingerprint density at radius 1 is 1.14 bits per heavy atom. The molecule has 1 saturated heterocycles. The lowest BCUT2D eigenvalue weighted by Gasteiger charge is -2.50. The number of nitrogens with zero attached hydrogens (tertiary/aromatic N) is 2. The van der Waals surface area contributed by atoms with Crippen molar-refractivity contribution in [3.63, 3.8) is 0 Å². The van der Waals surface area contributed by atoms with Crippen LogP contribution in [-0.4, -0.2) is 40.6 Å². The second-order valence-corrected chi connectivity index (χ2v) is 8.40. The van der Waals surface area contributed by atoms with Crippen LogP contribution in [0.15, 0.2) is 53.4 Å². The van der Waals surface area contributed by atoms with Gasteiger partial charge in [0.15, 0.2) is 0 Å². The van der Waals surface area contributed by atoms with Crippen molar-refractivity contribution in [1.29, 1.82) is 0 Å². The summed E-state index contributed by atoms with van der Waals surface area (Å²) in [7, 11) is 0. The number of hydrogen-bond acceptors (Lipinski definition) is 4. The molecule has 0 aliphatic carbocycles.